The monoisotopic (exact) mass is 317 g/mol. The predicted molar refractivity (Wildman–Crippen MR) is 75.0 cm³/mol. The van der Waals surface area contributed by atoms with Gasteiger partial charge in [0.2, 0.25) is 0 Å². The Bertz CT molecular complexity index is 525. The molecule has 0 fully saturated rings. The SMILES string of the molecule is C/C(=N\S(=O)(=O)C(C)(C)C)c1ccc(Br)cc1. The maximum Gasteiger partial charge on any atom is 0.258 e. The Morgan fingerprint density at radius 2 is 1.65 bits per heavy atom. The van der Waals surface area contributed by atoms with Crippen LogP contribution in [0.25, 0.3) is 0 Å². The first-order valence-electron chi connectivity index (χ1n) is 5.20. The molecule has 94 valence electrons. The summed E-state index contributed by atoms with van der Waals surface area (Å²) >= 11 is 3.33. The highest BCUT2D eigenvalue weighted by Crippen LogP contribution is 2.19. The molecular formula is C12H16BrNO2S. The third kappa shape index (κ3) is 3.64. The molecule has 1 aromatic rings. The van der Waals surface area contributed by atoms with Crippen molar-refractivity contribution in [3.8, 4) is 0 Å². The van der Waals surface area contributed by atoms with Crippen molar-refractivity contribution in [2.24, 2.45) is 4.40 Å². The molecule has 0 bridgehead atoms. The minimum absolute atomic E-state index is 0.507. The minimum atomic E-state index is -3.48. The second kappa shape index (κ2) is 4.90. The van der Waals surface area contributed by atoms with Crippen LogP contribution in [0.3, 0.4) is 0 Å². The highest BCUT2D eigenvalue weighted by Gasteiger charge is 2.28. The van der Waals surface area contributed by atoms with Crippen LogP contribution >= 0.6 is 15.9 Å². The molecule has 5 heteroatoms. The molecule has 0 aromatic heterocycles. The standard InChI is InChI=1S/C12H16BrNO2S/c1-9(10-5-7-11(13)8-6-10)14-17(15,16)12(2,3)4/h5-8H,1-4H3/b14-9+. The summed E-state index contributed by atoms with van der Waals surface area (Å²) in [5.74, 6) is 0. The van der Waals surface area contributed by atoms with E-state index < -0.39 is 14.8 Å². The summed E-state index contributed by atoms with van der Waals surface area (Å²) in [5, 5.41) is 0. The molecule has 0 radical (unpaired) electrons. The lowest BCUT2D eigenvalue weighted by Crippen LogP contribution is -2.26. The summed E-state index contributed by atoms with van der Waals surface area (Å²) < 4.78 is 27.7. The molecule has 1 rings (SSSR count). The van der Waals surface area contributed by atoms with Gasteiger partial charge >= 0.3 is 0 Å². The van der Waals surface area contributed by atoms with Gasteiger partial charge in [-0.15, -0.1) is 0 Å². The molecule has 0 aliphatic rings. The van der Waals surface area contributed by atoms with Crippen LogP contribution in [0.4, 0.5) is 0 Å². The second-order valence-electron chi connectivity index (χ2n) is 4.77. The molecule has 3 nitrogen and oxygen atoms in total. The van der Waals surface area contributed by atoms with Gasteiger partial charge in [-0.3, -0.25) is 0 Å². The Balaban J connectivity index is 3.14. The average molecular weight is 318 g/mol. The summed E-state index contributed by atoms with van der Waals surface area (Å²) in [5.41, 5.74) is 1.31. The van der Waals surface area contributed by atoms with E-state index in [2.05, 4.69) is 20.3 Å². The maximum atomic E-state index is 11.9. The van der Waals surface area contributed by atoms with E-state index in [9.17, 15) is 8.42 Å². The van der Waals surface area contributed by atoms with Gasteiger partial charge in [0.1, 0.15) is 0 Å². The molecule has 17 heavy (non-hydrogen) atoms. The smallest absolute Gasteiger partial charge is 0.204 e. The van der Waals surface area contributed by atoms with Gasteiger partial charge in [0.15, 0.2) is 0 Å². The van der Waals surface area contributed by atoms with Crippen LogP contribution in [0.15, 0.2) is 33.1 Å². The van der Waals surface area contributed by atoms with Crippen LogP contribution in [0.2, 0.25) is 0 Å². The highest BCUT2D eigenvalue weighted by atomic mass is 79.9. The number of sulfonamides is 1. The lowest BCUT2D eigenvalue weighted by atomic mass is 10.1. The van der Waals surface area contributed by atoms with Crippen molar-refractivity contribution in [3.63, 3.8) is 0 Å². The fraction of sp³-hybridized carbons (Fsp3) is 0.417. The van der Waals surface area contributed by atoms with Crippen molar-refractivity contribution >= 4 is 31.7 Å². The molecule has 0 saturated carbocycles. The zero-order valence-electron chi connectivity index (χ0n) is 10.4. The molecule has 0 saturated heterocycles. The van der Waals surface area contributed by atoms with Crippen LogP contribution in [0.1, 0.15) is 33.3 Å². The summed E-state index contributed by atoms with van der Waals surface area (Å²) in [6.45, 7) is 6.62. The number of hydrogen-bond acceptors (Lipinski definition) is 2. The van der Waals surface area contributed by atoms with Crippen molar-refractivity contribution < 1.29 is 8.42 Å². The average Bonchev–Trinajstić information content (AvgIpc) is 2.16. The molecule has 0 amide bonds. The van der Waals surface area contributed by atoms with Gasteiger partial charge in [0, 0.05) is 4.47 Å². The highest BCUT2D eigenvalue weighted by molar-refractivity contribution is 9.10. The lowest BCUT2D eigenvalue weighted by molar-refractivity contribution is 0.562. The Hall–Kier alpha value is -0.680. The van der Waals surface area contributed by atoms with Crippen LogP contribution in [-0.2, 0) is 10.0 Å². The van der Waals surface area contributed by atoms with Crippen molar-refractivity contribution in [1.82, 2.24) is 0 Å². The molecule has 0 aliphatic heterocycles. The fourth-order valence-corrected chi connectivity index (χ4v) is 2.07. The van der Waals surface area contributed by atoms with Gasteiger partial charge in [-0.1, -0.05) is 28.1 Å². The van der Waals surface area contributed by atoms with Crippen LogP contribution in [0.5, 0.6) is 0 Å². The molecule has 0 aliphatic carbocycles. The number of halogens is 1. The van der Waals surface area contributed by atoms with Crippen molar-refractivity contribution in [2.45, 2.75) is 32.4 Å². The maximum absolute atomic E-state index is 11.9. The summed E-state index contributed by atoms with van der Waals surface area (Å²) in [6, 6.07) is 7.39. The first-order valence-corrected chi connectivity index (χ1v) is 7.44. The van der Waals surface area contributed by atoms with Gasteiger partial charge in [0.25, 0.3) is 10.0 Å². The van der Waals surface area contributed by atoms with E-state index in [-0.39, 0.29) is 0 Å². The van der Waals surface area contributed by atoms with Gasteiger partial charge in [-0.25, -0.2) is 8.42 Å². The van der Waals surface area contributed by atoms with E-state index in [1.165, 1.54) is 0 Å². The molecule has 0 N–H and O–H groups in total. The van der Waals surface area contributed by atoms with E-state index >= 15 is 0 Å². The van der Waals surface area contributed by atoms with Gasteiger partial charge in [-0.2, -0.15) is 4.40 Å². The van der Waals surface area contributed by atoms with Crippen LogP contribution in [-0.4, -0.2) is 18.9 Å². The van der Waals surface area contributed by atoms with Crippen molar-refractivity contribution in [2.75, 3.05) is 0 Å². The zero-order valence-corrected chi connectivity index (χ0v) is 12.8. The van der Waals surface area contributed by atoms with E-state index in [0.29, 0.717) is 5.71 Å². The Morgan fingerprint density at radius 3 is 2.06 bits per heavy atom. The van der Waals surface area contributed by atoms with E-state index in [1.54, 1.807) is 27.7 Å². The van der Waals surface area contributed by atoms with Crippen LogP contribution < -0.4 is 0 Å². The molecule has 0 spiro atoms. The normalized spacial score (nSPS) is 13.8. The van der Waals surface area contributed by atoms with Gasteiger partial charge in [-0.05, 0) is 45.4 Å². The summed E-state index contributed by atoms with van der Waals surface area (Å²) in [6.07, 6.45) is 0. The summed E-state index contributed by atoms with van der Waals surface area (Å²) in [4.78, 5) is 0. The van der Waals surface area contributed by atoms with Gasteiger partial charge < -0.3 is 0 Å². The van der Waals surface area contributed by atoms with Gasteiger partial charge in [0.05, 0.1) is 10.5 Å². The predicted octanol–water partition coefficient (Wildman–Crippen LogP) is 3.39. The zero-order chi connectivity index (χ0) is 13.3. The minimum Gasteiger partial charge on any atom is -0.204 e. The largest absolute Gasteiger partial charge is 0.258 e. The molecule has 0 heterocycles. The second-order valence-corrected chi connectivity index (χ2v) is 8.04. The van der Waals surface area contributed by atoms with E-state index in [4.69, 9.17) is 0 Å². The molecule has 0 unspecified atom stereocenters. The van der Waals surface area contributed by atoms with Crippen molar-refractivity contribution in [3.05, 3.63) is 34.3 Å². The molecule has 1 aromatic carbocycles. The first-order chi connectivity index (χ1) is 7.63. The third-order valence-electron chi connectivity index (χ3n) is 2.29. The number of nitrogens with zero attached hydrogens (tertiary/aromatic N) is 1. The quantitative estimate of drug-likeness (QED) is 0.785. The number of benzene rings is 1. The van der Waals surface area contributed by atoms with Crippen LogP contribution in [0, 0.1) is 0 Å². The molecule has 0 atom stereocenters. The number of rotatable bonds is 2. The Labute approximate surface area is 111 Å². The topological polar surface area (TPSA) is 46.5 Å². The first kappa shape index (κ1) is 14.4. The Morgan fingerprint density at radius 1 is 1.18 bits per heavy atom. The Kier molecular flexibility index (Phi) is 4.15. The lowest BCUT2D eigenvalue weighted by Gasteiger charge is -2.15. The number of hydrogen-bond donors (Lipinski definition) is 0. The fourth-order valence-electron chi connectivity index (χ4n) is 1.06. The van der Waals surface area contributed by atoms with E-state index in [1.807, 2.05) is 24.3 Å². The molecular weight excluding hydrogens is 302 g/mol. The van der Waals surface area contributed by atoms with E-state index in [0.717, 1.165) is 10.0 Å². The van der Waals surface area contributed by atoms with Crippen molar-refractivity contribution in [1.29, 1.82) is 0 Å². The third-order valence-corrected chi connectivity index (χ3v) is 4.88. The summed E-state index contributed by atoms with van der Waals surface area (Å²) in [7, 11) is -3.48.